The van der Waals surface area contributed by atoms with Crippen molar-refractivity contribution < 1.29 is 19.1 Å². The van der Waals surface area contributed by atoms with Gasteiger partial charge in [0.25, 0.3) is 5.91 Å². The Morgan fingerprint density at radius 1 is 1.15 bits per heavy atom. The van der Waals surface area contributed by atoms with Crippen LogP contribution in [0.15, 0.2) is 30.3 Å². The number of esters is 1. The smallest absolute Gasteiger partial charge is 0.339 e. The molecule has 0 bridgehead atoms. The second-order valence-electron chi connectivity index (χ2n) is 9.05. The van der Waals surface area contributed by atoms with Gasteiger partial charge in [0, 0.05) is 31.2 Å². The van der Waals surface area contributed by atoms with Crippen LogP contribution >= 0.6 is 0 Å². The average molecular weight is 454 g/mol. The summed E-state index contributed by atoms with van der Waals surface area (Å²) in [6, 6.07) is 10.4. The number of nitrogens with zero attached hydrogens (tertiary/aromatic N) is 1. The number of H-pyrrole nitrogens is 1. The Kier molecular flexibility index (Phi) is 8.31. The van der Waals surface area contributed by atoms with E-state index in [1.807, 2.05) is 25.1 Å². The summed E-state index contributed by atoms with van der Waals surface area (Å²) in [7, 11) is 1.33. The fourth-order valence-electron chi connectivity index (χ4n) is 4.57. The lowest BCUT2D eigenvalue weighted by atomic mass is 9.92. The normalized spacial score (nSPS) is 15.2. The van der Waals surface area contributed by atoms with Crippen LogP contribution < -0.4 is 5.32 Å². The molecule has 0 radical (unpaired) electrons. The van der Waals surface area contributed by atoms with Crippen LogP contribution in [0.5, 0.6) is 0 Å². The topological polar surface area (TPSA) is 91.5 Å². The minimum absolute atomic E-state index is 0.0823. The number of rotatable bonds is 8. The Labute approximate surface area is 195 Å². The van der Waals surface area contributed by atoms with Crippen LogP contribution in [-0.4, -0.2) is 53.9 Å². The molecule has 2 amide bonds. The molecule has 0 saturated carbocycles. The number of ether oxygens (including phenoxy) is 1. The van der Waals surface area contributed by atoms with Gasteiger partial charge in [-0.15, -0.1) is 0 Å². The van der Waals surface area contributed by atoms with Crippen LogP contribution in [0.2, 0.25) is 0 Å². The van der Waals surface area contributed by atoms with Crippen LogP contribution in [0, 0.1) is 19.8 Å². The van der Waals surface area contributed by atoms with Crippen molar-refractivity contribution in [2.75, 3.05) is 20.2 Å². The van der Waals surface area contributed by atoms with E-state index >= 15 is 0 Å². The summed E-state index contributed by atoms with van der Waals surface area (Å²) in [4.78, 5) is 42.4. The lowest BCUT2D eigenvalue weighted by Crippen LogP contribution is -2.41. The van der Waals surface area contributed by atoms with E-state index in [1.54, 1.807) is 18.7 Å². The zero-order valence-corrected chi connectivity index (χ0v) is 20.1. The Hall–Kier alpha value is -3.09. The van der Waals surface area contributed by atoms with E-state index in [0.29, 0.717) is 42.0 Å². The molecule has 2 aromatic rings. The molecule has 1 saturated heterocycles. The molecule has 3 rings (SSSR count). The molecule has 0 spiro atoms. The Morgan fingerprint density at radius 2 is 1.82 bits per heavy atom. The first-order valence-electron chi connectivity index (χ1n) is 11.7. The zero-order chi connectivity index (χ0) is 24.0. The number of carbonyl (C=O) groups excluding carboxylic acids is 3. The summed E-state index contributed by atoms with van der Waals surface area (Å²) in [5, 5.41) is 3.12. The number of likely N-dealkylation sites (tertiary alicyclic amines) is 1. The van der Waals surface area contributed by atoms with Gasteiger partial charge in [-0.2, -0.15) is 0 Å². The van der Waals surface area contributed by atoms with Gasteiger partial charge in [-0.3, -0.25) is 9.59 Å². The number of amides is 2. The van der Waals surface area contributed by atoms with Crippen LogP contribution in [0.25, 0.3) is 0 Å². The Balaban J connectivity index is 1.45. The number of methoxy groups -OCH3 is 1. The van der Waals surface area contributed by atoms with Crippen molar-refractivity contribution in [1.29, 1.82) is 0 Å². The number of hydrogen-bond donors (Lipinski definition) is 2. The fourth-order valence-corrected chi connectivity index (χ4v) is 4.57. The van der Waals surface area contributed by atoms with Gasteiger partial charge in [0.15, 0.2) is 0 Å². The number of aryl methyl sites for hydroxylation is 2. The molecule has 2 N–H and O–H groups in total. The quantitative estimate of drug-likeness (QED) is 0.595. The van der Waals surface area contributed by atoms with Gasteiger partial charge < -0.3 is 19.9 Å². The van der Waals surface area contributed by atoms with Crippen LogP contribution in [0.1, 0.15) is 70.3 Å². The number of aromatic amines is 1. The summed E-state index contributed by atoms with van der Waals surface area (Å²) >= 11 is 0. The number of benzene rings is 1. The standard InChI is InChI=1S/C26H35N3O4/c1-17(10-11-20-8-6-5-7-9-20)27-22(30)16-21-12-14-29(15-13-21)25(31)24-18(2)23(19(3)28-24)26(32)33-4/h5-9,17,21,28H,10-16H2,1-4H3,(H,27,30). The molecule has 33 heavy (non-hydrogen) atoms. The molecule has 1 aromatic heterocycles. The van der Waals surface area contributed by atoms with Crippen LogP contribution in [-0.2, 0) is 16.0 Å². The van der Waals surface area contributed by atoms with Gasteiger partial charge in [-0.1, -0.05) is 30.3 Å². The number of piperidine rings is 1. The van der Waals surface area contributed by atoms with E-state index in [9.17, 15) is 14.4 Å². The maximum atomic E-state index is 13.0. The minimum atomic E-state index is -0.442. The van der Waals surface area contributed by atoms with Crippen molar-refractivity contribution >= 4 is 17.8 Å². The predicted octanol–water partition coefficient (Wildman–Crippen LogP) is 3.80. The molecule has 1 fully saturated rings. The predicted molar refractivity (Wildman–Crippen MR) is 127 cm³/mol. The molecule has 1 aromatic carbocycles. The largest absolute Gasteiger partial charge is 0.465 e. The Morgan fingerprint density at radius 3 is 2.45 bits per heavy atom. The van der Waals surface area contributed by atoms with Gasteiger partial charge in [-0.05, 0) is 63.5 Å². The molecule has 1 atom stereocenters. The third kappa shape index (κ3) is 6.24. The number of nitrogens with one attached hydrogen (secondary N) is 2. The fraction of sp³-hybridized carbons (Fsp3) is 0.500. The molecule has 178 valence electrons. The highest BCUT2D eigenvalue weighted by atomic mass is 16.5. The highest BCUT2D eigenvalue weighted by Crippen LogP contribution is 2.25. The first-order chi connectivity index (χ1) is 15.8. The minimum Gasteiger partial charge on any atom is -0.465 e. The van der Waals surface area contributed by atoms with E-state index in [0.717, 1.165) is 25.7 Å². The molecular weight excluding hydrogens is 418 g/mol. The summed E-state index contributed by atoms with van der Waals surface area (Å²) < 4.78 is 4.83. The van der Waals surface area contributed by atoms with Crippen molar-refractivity contribution in [3.05, 3.63) is 58.4 Å². The van der Waals surface area contributed by atoms with E-state index in [1.165, 1.54) is 12.7 Å². The SMILES string of the molecule is COC(=O)c1c(C)[nH]c(C(=O)N2CCC(CC(=O)NC(C)CCc3ccccc3)CC2)c1C. The maximum Gasteiger partial charge on any atom is 0.339 e. The maximum absolute atomic E-state index is 13.0. The molecule has 7 heteroatoms. The summed E-state index contributed by atoms with van der Waals surface area (Å²) in [5.74, 6) is -0.197. The van der Waals surface area contributed by atoms with Gasteiger partial charge in [0.2, 0.25) is 5.91 Å². The second kappa shape index (κ2) is 11.2. The van der Waals surface area contributed by atoms with E-state index < -0.39 is 5.97 Å². The third-order valence-corrected chi connectivity index (χ3v) is 6.53. The lowest BCUT2D eigenvalue weighted by Gasteiger charge is -2.32. The first-order valence-corrected chi connectivity index (χ1v) is 11.7. The van der Waals surface area contributed by atoms with Crippen LogP contribution in [0.3, 0.4) is 0 Å². The zero-order valence-electron chi connectivity index (χ0n) is 20.1. The van der Waals surface area contributed by atoms with Gasteiger partial charge in [0.1, 0.15) is 5.69 Å². The second-order valence-corrected chi connectivity index (χ2v) is 9.05. The van der Waals surface area contributed by atoms with Crippen molar-refractivity contribution in [3.63, 3.8) is 0 Å². The molecule has 2 heterocycles. The third-order valence-electron chi connectivity index (χ3n) is 6.53. The van der Waals surface area contributed by atoms with Crippen molar-refractivity contribution in [2.45, 2.75) is 58.9 Å². The lowest BCUT2D eigenvalue weighted by molar-refractivity contribution is -0.122. The summed E-state index contributed by atoms with van der Waals surface area (Å²) in [5.41, 5.74) is 3.40. The monoisotopic (exact) mass is 453 g/mol. The van der Waals surface area contributed by atoms with Crippen molar-refractivity contribution in [1.82, 2.24) is 15.2 Å². The van der Waals surface area contributed by atoms with Crippen LogP contribution in [0.4, 0.5) is 0 Å². The molecule has 7 nitrogen and oxygen atoms in total. The molecule has 1 aliphatic heterocycles. The Bertz CT molecular complexity index is 975. The van der Waals surface area contributed by atoms with E-state index in [-0.39, 0.29) is 23.8 Å². The van der Waals surface area contributed by atoms with E-state index in [4.69, 9.17) is 4.74 Å². The molecule has 1 aliphatic rings. The van der Waals surface area contributed by atoms with Gasteiger partial charge in [-0.25, -0.2) is 4.79 Å². The van der Waals surface area contributed by atoms with Gasteiger partial charge in [0.05, 0.1) is 12.7 Å². The first kappa shape index (κ1) is 24.6. The summed E-state index contributed by atoms with van der Waals surface area (Å²) in [6.45, 7) is 6.78. The molecule has 0 aliphatic carbocycles. The molecule has 1 unspecified atom stereocenters. The highest BCUT2D eigenvalue weighted by Gasteiger charge is 2.29. The number of aromatic nitrogens is 1. The highest BCUT2D eigenvalue weighted by molar-refractivity contribution is 6.00. The number of hydrogen-bond acceptors (Lipinski definition) is 4. The molecular formula is C26H35N3O4. The van der Waals surface area contributed by atoms with E-state index in [2.05, 4.69) is 22.4 Å². The summed E-state index contributed by atoms with van der Waals surface area (Å²) in [6.07, 6.45) is 3.93. The van der Waals surface area contributed by atoms with Crippen molar-refractivity contribution in [2.24, 2.45) is 5.92 Å². The average Bonchev–Trinajstić information content (AvgIpc) is 3.11. The number of carbonyl (C=O) groups is 3. The van der Waals surface area contributed by atoms with Gasteiger partial charge >= 0.3 is 5.97 Å². The van der Waals surface area contributed by atoms with Crippen molar-refractivity contribution in [3.8, 4) is 0 Å².